The summed E-state index contributed by atoms with van der Waals surface area (Å²) in [5.74, 6) is 2.69. The van der Waals surface area contributed by atoms with E-state index in [4.69, 9.17) is 6.42 Å². The van der Waals surface area contributed by atoms with Gasteiger partial charge in [0.05, 0.1) is 96.1 Å². The third-order valence-electron chi connectivity index (χ3n) is 22.7. The molecule has 6 fully saturated rings. The number of nitrogens with zero attached hydrogens (tertiary/aromatic N) is 18. The van der Waals surface area contributed by atoms with E-state index >= 15 is 0 Å². The van der Waals surface area contributed by atoms with E-state index < -0.39 is 0 Å². The zero-order valence-corrected chi connectivity index (χ0v) is 74.9. The van der Waals surface area contributed by atoms with Crippen LogP contribution in [0.1, 0.15) is 311 Å². The molecule has 110 heavy (non-hydrogen) atoms. The van der Waals surface area contributed by atoms with Gasteiger partial charge < -0.3 is 0 Å². The van der Waals surface area contributed by atoms with Crippen LogP contribution in [0.15, 0.2) is 183 Å². The minimum atomic E-state index is 0. The highest BCUT2D eigenvalue weighted by atomic mass is 127. The number of benzene rings is 5. The van der Waals surface area contributed by atoms with Gasteiger partial charge in [-0.15, -0.1) is 32.0 Å². The first kappa shape index (κ1) is 93.4. The molecule has 0 saturated carbocycles. The molecule has 6 heterocycles. The maximum atomic E-state index is 5.57. The summed E-state index contributed by atoms with van der Waals surface area (Å²) < 4.78 is 1.15. The van der Waals surface area contributed by atoms with Gasteiger partial charge in [0.25, 0.3) is 0 Å². The number of rotatable bonds is 11. The van der Waals surface area contributed by atoms with Gasteiger partial charge in [0.2, 0.25) is 0 Å². The highest BCUT2D eigenvalue weighted by Crippen LogP contribution is 2.45. The molecular weight excluding hydrogens is 1470 g/mol. The summed E-state index contributed by atoms with van der Waals surface area (Å²) in [6.45, 7) is 60.1. The fourth-order valence-electron chi connectivity index (χ4n) is 17.1. The predicted octanol–water partition coefficient (Wildman–Crippen LogP) is 28.8. The standard InChI is InChI=1S/C18H25N3.C16H24IN3.C16H25N3.2C15H23N3.C10H21N3.CH4/c1-7-15-13-14(2)9-10-16(15)19-20-21-17(3,4)11-8-12-18(21,5)6;1-12-7-8-14(13(17)11-12)18-19-20-15(2,3)9-6-10-16(20,4)5;1-13-7-9-14(10-8-13)17-18-19-15(2,3)11-6-12-16(19,4)5;2*1-14(2)11-8-12-15(3,4)18(14)17-16-13-9-6-5-7-10-13;1-9(2)7-6-8-10(3,4)13(9)12-11-5;/h1,9-10,13H,8,11-12H2,2-6H3;7-8,11H,6,9-10H2,1-5H3;7-10H,6,11-12H2,1-5H3;2*5-7,9-10H,8,11-12H2,1-4H3;6-8H2,1-5H3;1H4. The molecule has 0 amide bonds. The van der Waals surface area contributed by atoms with Gasteiger partial charge in [0.15, 0.2) is 0 Å². The van der Waals surface area contributed by atoms with Crippen molar-refractivity contribution in [2.75, 3.05) is 7.05 Å². The molecule has 19 heteroatoms. The molecule has 0 aromatic heterocycles. The summed E-state index contributed by atoms with van der Waals surface area (Å²) in [7, 11) is 1.74. The van der Waals surface area contributed by atoms with Crippen molar-refractivity contribution >= 4 is 51.0 Å². The number of hydrogen-bond acceptors (Lipinski definition) is 12. The summed E-state index contributed by atoms with van der Waals surface area (Å²) >= 11 is 2.33. The van der Waals surface area contributed by atoms with E-state index in [9.17, 15) is 0 Å². The van der Waals surface area contributed by atoms with Gasteiger partial charge in [-0.25, -0.2) is 0 Å². The van der Waals surface area contributed by atoms with Crippen LogP contribution in [0.5, 0.6) is 0 Å². The van der Waals surface area contributed by atoms with Gasteiger partial charge in [-0.1, -0.05) is 111 Å². The number of aryl methyl sites for hydroxylation is 3. The first-order valence-electron chi connectivity index (χ1n) is 40.2. The Bertz CT molecular complexity index is 3730. The van der Waals surface area contributed by atoms with E-state index in [1.807, 2.05) is 104 Å². The Morgan fingerprint density at radius 1 is 0.291 bits per heavy atom. The van der Waals surface area contributed by atoms with E-state index in [2.05, 4.69) is 325 Å². The second-order valence-electron chi connectivity index (χ2n) is 38.6. The van der Waals surface area contributed by atoms with E-state index in [0.29, 0.717) is 0 Å². The second kappa shape index (κ2) is 38.5. The van der Waals surface area contributed by atoms with Crippen LogP contribution in [-0.4, -0.2) is 104 Å². The van der Waals surface area contributed by atoms with E-state index in [1.54, 1.807) is 7.05 Å². The smallest absolute Gasteiger partial charge is 0.103 e. The van der Waals surface area contributed by atoms with Crippen LogP contribution in [0.3, 0.4) is 0 Å². The highest BCUT2D eigenvalue weighted by molar-refractivity contribution is 14.1. The molecule has 6 saturated heterocycles. The van der Waals surface area contributed by atoms with Crippen molar-refractivity contribution in [1.82, 2.24) is 30.1 Å². The van der Waals surface area contributed by atoms with Crippen LogP contribution in [0.2, 0.25) is 0 Å². The zero-order valence-electron chi connectivity index (χ0n) is 72.8. The summed E-state index contributed by atoms with van der Waals surface area (Å²) in [6.07, 6.45) is 27.2. The number of halogens is 1. The maximum absolute atomic E-state index is 5.57. The number of terminal acetylenes is 1. The topological polar surface area (TPSA) is 168 Å². The Morgan fingerprint density at radius 3 is 0.782 bits per heavy atom. The summed E-state index contributed by atoms with van der Waals surface area (Å²) in [6, 6.07) is 40.2. The van der Waals surface area contributed by atoms with E-state index in [1.165, 1.54) is 114 Å². The molecule has 0 aliphatic carbocycles. The lowest BCUT2D eigenvalue weighted by molar-refractivity contribution is -0.0326. The van der Waals surface area contributed by atoms with E-state index in [-0.39, 0.29) is 73.9 Å². The minimum Gasteiger partial charge on any atom is -0.268 e. The maximum Gasteiger partial charge on any atom is 0.103 e. The van der Waals surface area contributed by atoms with Crippen molar-refractivity contribution in [3.63, 3.8) is 0 Å². The molecule has 0 unspecified atom stereocenters. The Hall–Kier alpha value is -7.21. The average Bonchev–Trinajstić information content (AvgIpc) is 0.821. The molecular formula is C91H145IN18. The third-order valence-corrected chi connectivity index (χ3v) is 23.6. The quantitative estimate of drug-likeness (QED) is 0.0724. The Balaban J connectivity index is 0.000000237. The molecule has 606 valence electrons. The van der Waals surface area contributed by atoms with Gasteiger partial charge in [-0.2, -0.15) is 5.11 Å². The van der Waals surface area contributed by atoms with Crippen molar-refractivity contribution < 1.29 is 0 Å². The first-order valence-corrected chi connectivity index (χ1v) is 41.3. The predicted molar refractivity (Wildman–Crippen MR) is 470 cm³/mol. The highest BCUT2D eigenvalue weighted by Gasteiger charge is 2.46. The monoisotopic (exact) mass is 1620 g/mol. The van der Waals surface area contributed by atoms with Crippen molar-refractivity contribution in [1.29, 1.82) is 0 Å². The van der Waals surface area contributed by atoms with Gasteiger partial charge in [0.1, 0.15) is 11.4 Å². The zero-order chi connectivity index (χ0) is 81.3. The van der Waals surface area contributed by atoms with Gasteiger partial charge in [-0.3, -0.25) is 30.1 Å². The average molecular weight is 1620 g/mol. The molecule has 0 radical (unpaired) electrons. The molecule has 0 bridgehead atoms. The summed E-state index contributed by atoms with van der Waals surface area (Å²) in [4.78, 5) is 0. The molecule has 5 aromatic rings. The Labute approximate surface area is 681 Å². The lowest BCUT2D eigenvalue weighted by atomic mass is 9.82. The van der Waals surface area contributed by atoms with Crippen LogP contribution >= 0.6 is 22.6 Å². The van der Waals surface area contributed by atoms with Gasteiger partial charge in [-0.05, 0) is 397 Å². The van der Waals surface area contributed by atoms with E-state index in [0.717, 1.165) is 56.0 Å². The fourth-order valence-corrected chi connectivity index (χ4v) is 17.9. The minimum absolute atomic E-state index is 0. The van der Waals surface area contributed by atoms with Crippen molar-refractivity contribution in [2.24, 2.45) is 62.0 Å². The lowest BCUT2D eigenvalue weighted by Gasteiger charge is -2.50. The Kier molecular flexibility index (Phi) is 32.7. The van der Waals surface area contributed by atoms with Crippen LogP contribution in [0.4, 0.5) is 28.4 Å². The van der Waals surface area contributed by atoms with Gasteiger partial charge >= 0.3 is 0 Å². The largest absolute Gasteiger partial charge is 0.268 e. The summed E-state index contributed by atoms with van der Waals surface area (Å²) in [5, 5.41) is 66.0. The lowest BCUT2D eigenvalue weighted by Crippen LogP contribution is -2.55. The van der Waals surface area contributed by atoms with Crippen LogP contribution in [0, 0.1) is 36.7 Å². The number of hydrogen-bond donors (Lipinski definition) is 0. The van der Waals surface area contributed by atoms with Crippen molar-refractivity contribution in [3.8, 4) is 12.3 Å². The molecule has 6 aliphatic heterocycles. The normalized spacial score (nSPS) is 22.0. The molecule has 5 aromatic carbocycles. The molecule has 0 atom stereocenters. The second-order valence-corrected chi connectivity index (χ2v) is 39.8. The molecule has 0 spiro atoms. The van der Waals surface area contributed by atoms with Gasteiger partial charge in [0, 0.05) is 3.57 Å². The fraction of sp³-hybridized carbons (Fsp3) is 0.648. The first-order chi connectivity index (χ1) is 50.5. The Morgan fingerprint density at radius 2 is 0.518 bits per heavy atom. The number of piperidine rings is 6. The molecule has 6 aliphatic rings. The summed E-state index contributed by atoms with van der Waals surface area (Å²) in [5.41, 5.74) is 9.88. The molecule has 11 rings (SSSR count). The van der Waals surface area contributed by atoms with Crippen LogP contribution in [0.25, 0.3) is 0 Å². The van der Waals surface area contributed by atoms with Crippen molar-refractivity contribution in [3.05, 3.63) is 147 Å². The SMILES string of the molecule is C.C#Cc1cc(C)ccc1N=NN1C(C)(C)CCCC1(C)C.CC1(C)CCCC(C)(C)N1N=Nc1ccccc1.CC1(C)CCCC(C)(C)N1N=Nc1ccccc1.CN=NN1C(C)(C)CCCC1(C)C.Cc1ccc(N=NN2C(C)(C)CCCC2(C)C)c(I)c1.Cc1ccc(N=NN2C(C)(C)CCCC2(C)C)cc1. The van der Waals surface area contributed by atoms with Crippen molar-refractivity contribution in [2.45, 2.75) is 376 Å². The van der Waals surface area contributed by atoms with Crippen LogP contribution < -0.4 is 0 Å². The molecule has 18 nitrogen and oxygen atoms in total. The van der Waals surface area contributed by atoms with Crippen LogP contribution in [-0.2, 0) is 0 Å². The molecule has 0 N–H and O–H groups in total. The third kappa shape index (κ3) is 26.5.